The Bertz CT molecular complexity index is 726. The second kappa shape index (κ2) is 6.78. The zero-order chi connectivity index (χ0) is 17.1. The van der Waals surface area contributed by atoms with Crippen LogP contribution in [-0.4, -0.2) is 24.0 Å². The van der Waals surface area contributed by atoms with Crippen molar-refractivity contribution in [2.45, 2.75) is 31.8 Å². The molecule has 0 radical (unpaired) electrons. The van der Waals surface area contributed by atoms with Crippen LogP contribution in [0.5, 0.6) is 5.75 Å². The molecular formula is C18H22N4O2. The van der Waals surface area contributed by atoms with Crippen molar-refractivity contribution in [3.8, 4) is 5.75 Å². The molecule has 0 aliphatic heterocycles. The standard InChI is InChI=1S/C18H22N4O2/c1-11(12-3-7-15(24-2)8-4-12)21-18(23)13-9-16(19)17(20-10-13)22-14-5-6-14/h3-4,7-11,14H,5-6,19H2,1-2H3,(H,20,22)(H,21,23)/t11-/m0/s1. The third-order valence-electron chi connectivity index (χ3n) is 4.06. The number of ether oxygens (including phenoxy) is 1. The molecule has 1 aliphatic carbocycles. The maximum Gasteiger partial charge on any atom is 0.253 e. The molecule has 1 atom stereocenters. The molecule has 126 valence electrons. The van der Waals surface area contributed by atoms with Crippen LogP contribution in [0.4, 0.5) is 11.5 Å². The smallest absolute Gasteiger partial charge is 0.253 e. The predicted molar refractivity (Wildman–Crippen MR) is 94.2 cm³/mol. The predicted octanol–water partition coefficient (Wildman–Crippen LogP) is 2.74. The van der Waals surface area contributed by atoms with Crippen molar-refractivity contribution in [3.63, 3.8) is 0 Å². The third kappa shape index (κ3) is 3.76. The molecule has 24 heavy (non-hydrogen) atoms. The summed E-state index contributed by atoms with van der Waals surface area (Å²) in [6, 6.07) is 9.60. The lowest BCUT2D eigenvalue weighted by atomic mass is 10.1. The summed E-state index contributed by atoms with van der Waals surface area (Å²) in [5.74, 6) is 1.24. The molecular weight excluding hydrogens is 304 g/mol. The van der Waals surface area contributed by atoms with Crippen molar-refractivity contribution in [1.29, 1.82) is 0 Å². The molecule has 1 aromatic heterocycles. The van der Waals surface area contributed by atoms with Crippen molar-refractivity contribution >= 4 is 17.4 Å². The van der Waals surface area contributed by atoms with Crippen molar-refractivity contribution in [2.75, 3.05) is 18.2 Å². The first-order chi connectivity index (χ1) is 11.6. The summed E-state index contributed by atoms with van der Waals surface area (Å²) >= 11 is 0. The number of nitrogens with two attached hydrogens (primary N) is 1. The first kappa shape index (κ1) is 16.1. The molecule has 4 N–H and O–H groups in total. The number of nitrogens with zero attached hydrogens (tertiary/aromatic N) is 1. The Morgan fingerprint density at radius 3 is 2.62 bits per heavy atom. The summed E-state index contributed by atoms with van der Waals surface area (Å²) in [5, 5.41) is 6.20. The van der Waals surface area contributed by atoms with E-state index in [9.17, 15) is 4.79 Å². The summed E-state index contributed by atoms with van der Waals surface area (Å²) in [4.78, 5) is 16.7. The van der Waals surface area contributed by atoms with Crippen LogP contribution in [0.2, 0.25) is 0 Å². The fourth-order valence-corrected chi connectivity index (χ4v) is 2.40. The summed E-state index contributed by atoms with van der Waals surface area (Å²) in [5.41, 5.74) is 7.93. The number of anilines is 2. The average molecular weight is 326 g/mol. The van der Waals surface area contributed by atoms with E-state index in [-0.39, 0.29) is 11.9 Å². The number of pyridine rings is 1. The van der Waals surface area contributed by atoms with Gasteiger partial charge in [-0.3, -0.25) is 4.79 Å². The Morgan fingerprint density at radius 2 is 2.04 bits per heavy atom. The Labute approximate surface area is 141 Å². The zero-order valence-electron chi connectivity index (χ0n) is 13.9. The van der Waals surface area contributed by atoms with E-state index in [1.54, 1.807) is 19.4 Å². The van der Waals surface area contributed by atoms with Crippen LogP contribution in [0.25, 0.3) is 0 Å². The molecule has 0 spiro atoms. The van der Waals surface area contributed by atoms with Gasteiger partial charge in [0.25, 0.3) is 5.91 Å². The van der Waals surface area contributed by atoms with Crippen LogP contribution in [0.15, 0.2) is 36.5 Å². The van der Waals surface area contributed by atoms with Crippen molar-refractivity contribution in [1.82, 2.24) is 10.3 Å². The number of hydrogen-bond acceptors (Lipinski definition) is 5. The van der Waals surface area contributed by atoms with Crippen LogP contribution in [0.1, 0.15) is 41.7 Å². The van der Waals surface area contributed by atoms with Crippen molar-refractivity contribution in [2.24, 2.45) is 0 Å². The van der Waals surface area contributed by atoms with E-state index in [1.165, 1.54) is 0 Å². The van der Waals surface area contributed by atoms with Gasteiger partial charge in [-0.05, 0) is 43.5 Å². The molecule has 0 saturated heterocycles. The fourth-order valence-electron chi connectivity index (χ4n) is 2.40. The quantitative estimate of drug-likeness (QED) is 0.759. The number of nitrogen functional groups attached to an aromatic ring is 1. The van der Waals surface area contributed by atoms with Gasteiger partial charge in [-0.15, -0.1) is 0 Å². The molecule has 1 saturated carbocycles. The van der Waals surface area contributed by atoms with Crippen molar-refractivity contribution < 1.29 is 9.53 Å². The number of nitrogens with one attached hydrogen (secondary N) is 2. The normalized spacial score (nSPS) is 14.8. The Balaban J connectivity index is 1.65. The maximum absolute atomic E-state index is 12.4. The van der Waals surface area contributed by atoms with Gasteiger partial charge >= 0.3 is 0 Å². The molecule has 0 unspecified atom stereocenters. The monoisotopic (exact) mass is 326 g/mol. The summed E-state index contributed by atoms with van der Waals surface area (Å²) in [7, 11) is 1.62. The summed E-state index contributed by atoms with van der Waals surface area (Å²) in [6.07, 6.45) is 3.84. The first-order valence-corrected chi connectivity index (χ1v) is 8.03. The fraction of sp³-hybridized carbons (Fsp3) is 0.333. The van der Waals surface area contributed by atoms with Gasteiger partial charge in [0.05, 0.1) is 24.4 Å². The molecule has 1 aliphatic rings. The van der Waals surface area contributed by atoms with Crippen molar-refractivity contribution in [3.05, 3.63) is 47.7 Å². The molecule has 1 aromatic carbocycles. The average Bonchev–Trinajstić information content (AvgIpc) is 3.40. The van der Waals surface area contributed by atoms with E-state index in [0.717, 1.165) is 24.2 Å². The lowest BCUT2D eigenvalue weighted by Gasteiger charge is -2.15. The number of amides is 1. The van der Waals surface area contributed by atoms with Gasteiger partial charge in [-0.1, -0.05) is 12.1 Å². The zero-order valence-corrected chi connectivity index (χ0v) is 13.9. The third-order valence-corrected chi connectivity index (χ3v) is 4.06. The number of hydrogen-bond donors (Lipinski definition) is 3. The largest absolute Gasteiger partial charge is 0.497 e. The highest BCUT2D eigenvalue weighted by atomic mass is 16.5. The first-order valence-electron chi connectivity index (χ1n) is 8.03. The molecule has 6 heteroatoms. The van der Waals surface area contributed by atoms with Crippen LogP contribution in [0.3, 0.4) is 0 Å². The SMILES string of the molecule is COc1ccc([C@H](C)NC(=O)c2cnc(NC3CC3)c(N)c2)cc1. The number of aromatic nitrogens is 1. The number of carbonyl (C=O) groups excluding carboxylic acids is 1. The van der Waals surface area contributed by atoms with Gasteiger partial charge in [0.15, 0.2) is 0 Å². The molecule has 3 rings (SSSR count). The molecule has 6 nitrogen and oxygen atoms in total. The van der Waals surface area contributed by atoms with E-state index < -0.39 is 0 Å². The van der Waals surface area contributed by atoms with Crippen LogP contribution in [0, 0.1) is 0 Å². The lowest BCUT2D eigenvalue weighted by Crippen LogP contribution is -2.27. The van der Waals surface area contributed by atoms with Crippen LogP contribution in [-0.2, 0) is 0 Å². The number of methoxy groups -OCH3 is 1. The van der Waals surface area contributed by atoms with E-state index in [2.05, 4.69) is 15.6 Å². The van der Waals surface area contributed by atoms with E-state index in [1.807, 2.05) is 31.2 Å². The van der Waals surface area contributed by atoms with E-state index >= 15 is 0 Å². The summed E-state index contributed by atoms with van der Waals surface area (Å²) in [6.45, 7) is 1.93. The molecule has 2 aromatic rings. The van der Waals surface area contributed by atoms with Gasteiger partial charge in [0, 0.05) is 12.2 Å². The van der Waals surface area contributed by atoms with Gasteiger partial charge in [-0.2, -0.15) is 0 Å². The molecule has 1 fully saturated rings. The number of carbonyl (C=O) groups is 1. The second-order valence-corrected chi connectivity index (χ2v) is 6.05. The highest BCUT2D eigenvalue weighted by Gasteiger charge is 2.22. The molecule has 1 amide bonds. The second-order valence-electron chi connectivity index (χ2n) is 6.05. The summed E-state index contributed by atoms with van der Waals surface area (Å²) < 4.78 is 5.14. The minimum atomic E-state index is -0.199. The van der Waals surface area contributed by atoms with Crippen LogP contribution >= 0.6 is 0 Å². The highest BCUT2D eigenvalue weighted by molar-refractivity contribution is 5.95. The van der Waals surface area contributed by atoms with E-state index in [0.29, 0.717) is 23.1 Å². The highest BCUT2D eigenvalue weighted by Crippen LogP contribution is 2.27. The van der Waals surface area contributed by atoms with Gasteiger partial charge in [0.2, 0.25) is 0 Å². The lowest BCUT2D eigenvalue weighted by molar-refractivity contribution is 0.0939. The minimum Gasteiger partial charge on any atom is -0.497 e. The molecule has 0 bridgehead atoms. The van der Waals surface area contributed by atoms with Gasteiger partial charge < -0.3 is 21.1 Å². The Morgan fingerprint density at radius 1 is 1.33 bits per heavy atom. The number of benzene rings is 1. The minimum absolute atomic E-state index is 0.131. The topological polar surface area (TPSA) is 89.3 Å². The molecule has 1 heterocycles. The van der Waals surface area contributed by atoms with Gasteiger partial charge in [-0.25, -0.2) is 4.98 Å². The van der Waals surface area contributed by atoms with Crippen LogP contribution < -0.4 is 21.1 Å². The Kier molecular flexibility index (Phi) is 4.55. The number of rotatable bonds is 6. The maximum atomic E-state index is 12.4. The Hall–Kier alpha value is -2.76. The van der Waals surface area contributed by atoms with E-state index in [4.69, 9.17) is 10.5 Å². The van der Waals surface area contributed by atoms with Gasteiger partial charge in [0.1, 0.15) is 11.6 Å².